The Morgan fingerprint density at radius 1 is 0.515 bits per heavy atom. The molecule has 2 aromatic rings. The van der Waals surface area contributed by atoms with Crippen LogP contribution in [0, 0.1) is 0 Å². The summed E-state index contributed by atoms with van der Waals surface area (Å²) in [5, 5.41) is 80.9. The standard InChI is InChI=1S/C36H48N10O20/c47-25(4-2-1-3-20(33(60)61)40-36(66)41-21(34(62)63)5-6-28(50)51)39-22(35(64)65)11-42(12-23-37-7-9-43(23)14-26(48)45(16-29(52)53)17-30(54)55)13-24-38-8-10-44(24)15-27(49)46(18-31(56)57)19-32(58)59/h7-10,20-22H,1-6,11-19H2,(H,39,47)(H,50,51)(H,52,53)(H,54,55)(H,56,57)(H,58,59)(H,60,61)(H,62,63)(H,64,65)(H2,40,41,66)/t20-,21-,22?/m0/s1. The number of rotatable bonds is 32. The van der Waals surface area contributed by atoms with Crippen molar-refractivity contribution in [2.75, 3.05) is 32.7 Å². The molecule has 0 radical (unpaired) electrons. The Kier molecular flexibility index (Phi) is 21.6. The van der Waals surface area contributed by atoms with Crippen LogP contribution in [0.15, 0.2) is 24.8 Å². The maximum absolute atomic E-state index is 13.0. The Bertz CT molecular complexity index is 2000. The summed E-state index contributed by atoms with van der Waals surface area (Å²) in [5.41, 5.74) is 0. The molecule has 30 nitrogen and oxygen atoms in total. The van der Waals surface area contributed by atoms with Gasteiger partial charge in [-0.3, -0.25) is 43.3 Å². The first kappa shape index (κ1) is 54.0. The number of imidazole rings is 2. The van der Waals surface area contributed by atoms with E-state index >= 15 is 0 Å². The van der Waals surface area contributed by atoms with Gasteiger partial charge in [-0.25, -0.2) is 29.1 Å². The summed E-state index contributed by atoms with van der Waals surface area (Å²) in [6.07, 6.45) is 3.18. The van der Waals surface area contributed by atoms with Gasteiger partial charge in [0.25, 0.3) is 0 Å². The molecule has 0 fully saturated rings. The average molecular weight is 941 g/mol. The highest BCUT2D eigenvalue weighted by molar-refractivity contribution is 5.87. The molecule has 0 bridgehead atoms. The molecule has 0 saturated carbocycles. The minimum absolute atomic E-state index is 0.0294. The van der Waals surface area contributed by atoms with Crippen LogP contribution >= 0.6 is 0 Å². The van der Waals surface area contributed by atoms with Gasteiger partial charge in [-0.2, -0.15) is 0 Å². The van der Waals surface area contributed by atoms with Crippen LogP contribution in [0.1, 0.15) is 50.2 Å². The van der Waals surface area contributed by atoms with E-state index < -0.39 is 148 Å². The smallest absolute Gasteiger partial charge is 0.327 e. The zero-order chi connectivity index (χ0) is 49.7. The van der Waals surface area contributed by atoms with E-state index in [0.717, 1.165) is 0 Å². The molecule has 0 saturated heterocycles. The lowest BCUT2D eigenvalue weighted by Gasteiger charge is -2.27. The fraction of sp³-hybridized carbons (Fsp3) is 0.500. The average Bonchev–Trinajstić information content (AvgIpc) is 3.83. The third-order valence-electron chi connectivity index (χ3n) is 9.03. The lowest BCUT2D eigenvalue weighted by molar-refractivity contribution is -0.150. The molecular formula is C36H48N10O20. The van der Waals surface area contributed by atoms with Gasteiger partial charge in [-0.1, -0.05) is 6.42 Å². The molecule has 0 spiro atoms. The number of aliphatic carboxylic acids is 8. The Balaban J connectivity index is 2.29. The minimum atomic E-state index is -1.71. The van der Waals surface area contributed by atoms with Crippen LogP contribution in [-0.2, 0) is 78.9 Å². The summed E-state index contributed by atoms with van der Waals surface area (Å²) in [7, 11) is 0. The number of carboxylic acid groups (broad SMARTS) is 8. The molecule has 30 heteroatoms. The number of carbonyl (C=O) groups is 12. The molecule has 1 unspecified atom stereocenters. The molecule has 0 aromatic carbocycles. The summed E-state index contributed by atoms with van der Waals surface area (Å²) >= 11 is 0. The van der Waals surface area contributed by atoms with E-state index in [-0.39, 0.29) is 50.4 Å². The first-order valence-electron chi connectivity index (χ1n) is 19.4. The number of hydrogen-bond acceptors (Lipinski definition) is 15. The van der Waals surface area contributed by atoms with Gasteiger partial charge in [0, 0.05) is 44.2 Å². The van der Waals surface area contributed by atoms with Gasteiger partial charge in [0.15, 0.2) is 0 Å². The number of carboxylic acids is 8. The first-order valence-corrected chi connectivity index (χ1v) is 19.4. The third kappa shape index (κ3) is 19.9. The second kappa shape index (κ2) is 26.4. The van der Waals surface area contributed by atoms with E-state index in [9.17, 15) is 93.3 Å². The van der Waals surface area contributed by atoms with Crippen LogP contribution in [0.25, 0.3) is 0 Å². The molecule has 2 heterocycles. The summed E-state index contributed by atoms with van der Waals surface area (Å²) < 4.78 is 2.41. The largest absolute Gasteiger partial charge is 0.481 e. The molecule has 362 valence electrons. The third-order valence-corrected chi connectivity index (χ3v) is 9.03. The maximum Gasteiger partial charge on any atom is 0.327 e. The Labute approximate surface area is 371 Å². The van der Waals surface area contributed by atoms with Gasteiger partial charge in [0.05, 0.1) is 13.1 Å². The van der Waals surface area contributed by atoms with Crippen molar-refractivity contribution in [3.63, 3.8) is 0 Å². The van der Waals surface area contributed by atoms with Crippen molar-refractivity contribution in [1.82, 2.24) is 49.8 Å². The number of amides is 5. The second-order valence-electron chi connectivity index (χ2n) is 14.2. The Hall–Kier alpha value is -8.18. The van der Waals surface area contributed by atoms with Crippen LogP contribution in [0.4, 0.5) is 4.79 Å². The highest BCUT2D eigenvalue weighted by Gasteiger charge is 2.29. The van der Waals surface area contributed by atoms with Gasteiger partial charge < -0.3 is 75.7 Å². The number of aromatic nitrogens is 4. The maximum atomic E-state index is 13.0. The number of carbonyl (C=O) groups excluding carboxylic acids is 4. The van der Waals surface area contributed by atoms with Crippen molar-refractivity contribution in [3.05, 3.63) is 36.4 Å². The lowest BCUT2D eigenvalue weighted by atomic mass is 10.1. The monoisotopic (exact) mass is 940 g/mol. The van der Waals surface area contributed by atoms with E-state index in [1.54, 1.807) is 0 Å². The number of unbranched alkanes of at least 4 members (excludes halogenated alkanes) is 1. The van der Waals surface area contributed by atoms with Gasteiger partial charge in [0.1, 0.15) is 69.0 Å². The van der Waals surface area contributed by atoms with E-state index in [4.69, 9.17) is 5.11 Å². The lowest BCUT2D eigenvalue weighted by Crippen LogP contribution is -2.51. The van der Waals surface area contributed by atoms with Crippen molar-refractivity contribution < 1.29 is 98.4 Å². The molecule has 2 aromatic heterocycles. The molecule has 0 aliphatic heterocycles. The van der Waals surface area contributed by atoms with Crippen LogP contribution in [-0.4, -0.2) is 197 Å². The highest BCUT2D eigenvalue weighted by atomic mass is 16.4. The predicted octanol–water partition coefficient (Wildman–Crippen LogP) is -3.72. The van der Waals surface area contributed by atoms with Crippen molar-refractivity contribution >= 4 is 71.5 Å². The molecule has 3 atom stereocenters. The fourth-order valence-corrected chi connectivity index (χ4v) is 5.95. The van der Waals surface area contributed by atoms with Crippen molar-refractivity contribution in [2.45, 2.75) is 82.8 Å². The molecule has 2 rings (SSSR count). The second-order valence-corrected chi connectivity index (χ2v) is 14.2. The molecule has 0 aliphatic carbocycles. The predicted molar refractivity (Wildman–Crippen MR) is 212 cm³/mol. The molecular weight excluding hydrogens is 892 g/mol. The topological polar surface area (TPSA) is 448 Å². The van der Waals surface area contributed by atoms with Crippen molar-refractivity contribution in [2.24, 2.45) is 0 Å². The molecule has 5 amide bonds. The van der Waals surface area contributed by atoms with Crippen LogP contribution in [0.2, 0.25) is 0 Å². The molecule has 66 heavy (non-hydrogen) atoms. The SMILES string of the molecule is O=C(O)CC[C@H](NC(=O)N[C@@H](CCCCC(=O)NC(CN(Cc1nccn1CC(=O)N(CC(=O)O)CC(=O)O)Cc1nccn1CC(=O)N(CC(=O)O)CC(=O)O)C(=O)O)C(=O)O)C(=O)O. The van der Waals surface area contributed by atoms with E-state index in [1.165, 1.54) is 38.8 Å². The van der Waals surface area contributed by atoms with E-state index in [2.05, 4.69) is 20.6 Å². The van der Waals surface area contributed by atoms with Crippen molar-refractivity contribution in [1.29, 1.82) is 0 Å². The fourth-order valence-electron chi connectivity index (χ4n) is 5.95. The van der Waals surface area contributed by atoms with Crippen LogP contribution < -0.4 is 16.0 Å². The Morgan fingerprint density at radius 3 is 1.30 bits per heavy atom. The zero-order valence-corrected chi connectivity index (χ0v) is 34.8. The summed E-state index contributed by atoms with van der Waals surface area (Å²) in [4.78, 5) is 154. The van der Waals surface area contributed by atoms with E-state index in [1.807, 2.05) is 5.32 Å². The number of nitrogens with one attached hydrogen (secondary N) is 3. The first-order chi connectivity index (χ1) is 30.9. The Morgan fingerprint density at radius 2 is 0.924 bits per heavy atom. The summed E-state index contributed by atoms with van der Waals surface area (Å²) in [6.45, 7) is -6.36. The number of nitrogens with zero attached hydrogens (tertiary/aromatic N) is 7. The quantitative estimate of drug-likeness (QED) is 0.0314. The van der Waals surface area contributed by atoms with Crippen LogP contribution in [0.3, 0.4) is 0 Å². The van der Waals surface area contributed by atoms with Gasteiger partial charge >= 0.3 is 53.8 Å². The normalized spacial score (nSPS) is 12.2. The minimum Gasteiger partial charge on any atom is -0.481 e. The van der Waals surface area contributed by atoms with Gasteiger partial charge in [-0.05, 0) is 19.3 Å². The van der Waals surface area contributed by atoms with Gasteiger partial charge in [-0.15, -0.1) is 0 Å². The molecule has 0 aliphatic rings. The summed E-state index contributed by atoms with van der Waals surface area (Å²) in [5.74, 6) is -14.7. The van der Waals surface area contributed by atoms with Gasteiger partial charge in [0.2, 0.25) is 17.7 Å². The van der Waals surface area contributed by atoms with Crippen molar-refractivity contribution in [3.8, 4) is 0 Å². The van der Waals surface area contributed by atoms with Crippen LogP contribution in [0.5, 0.6) is 0 Å². The number of hydrogen-bond donors (Lipinski definition) is 11. The summed E-state index contributed by atoms with van der Waals surface area (Å²) in [6, 6.07) is -6.15. The highest BCUT2D eigenvalue weighted by Crippen LogP contribution is 2.13. The van der Waals surface area contributed by atoms with E-state index in [0.29, 0.717) is 9.80 Å². The zero-order valence-electron chi connectivity index (χ0n) is 34.8. The number of urea groups is 1. The molecule has 11 N–H and O–H groups in total.